The summed E-state index contributed by atoms with van der Waals surface area (Å²) < 4.78 is 40.9. The summed E-state index contributed by atoms with van der Waals surface area (Å²) in [5.74, 6) is 0. The van der Waals surface area contributed by atoms with Crippen molar-refractivity contribution in [1.82, 2.24) is 14.3 Å². The van der Waals surface area contributed by atoms with Gasteiger partial charge in [-0.05, 0) is 36.1 Å². The molecule has 0 saturated carbocycles. The van der Waals surface area contributed by atoms with E-state index in [9.17, 15) is 18.0 Å². The van der Waals surface area contributed by atoms with Crippen molar-refractivity contribution in [2.75, 3.05) is 0 Å². The molecule has 0 atom stereocenters. The van der Waals surface area contributed by atoms with E-state index in [0.29, 0.717) is 23.0 Å². The number of benzene rings is 1. The predicted molar refractivity (Wildman–Crippen MR) is 89.9 cm³/mol. The van der Waals surface area contributed by atoms with Gasteiger partial charge < -0.3 is 4.57 Å². The maximum Gasteiger partial charge on any atom is 0.419 e. The van der Waals surface area contributed by atoms with Crippen molar-refractivity contribution < 1.29 is 13.2 Å². The minimum Gasteiger partial charge on any atom is -0.315 e. The Hall–Kier alpha value is -2.57. The van der Waals surface area contributed by atoms with Crippen molar-refractivity contribution in [3.8, 4) is 5.69 Å². The lowest BCUT2D eigenvalue weighted by atomic mass is 10.1. The molecule has 1 aromatic carbocycles. The van der Waals surface area contributed by atoms with Crippen LogP contribution in [0.3, 0.4) is 0 Å². The lowest BCUT2D eigenvalue weighted by Crippen LogP contribution is -2.19. The lowest BCUT2D eigenvalue weighted by Gasteiger charge is -2.08. The van der Waals surface area contributed by atoms with Gasteiger partial charge in [0, 0.05) is 24.3 Å². The average Bonchev–Trinajstić information content (AvgIpc) is 3.07. The highest BCUT2D eigenvalue weighted by Crippen LogP contribution is 2.29. The minimum atomic E-state index is -4.43. The molecule has 0 N–H and O–H groups in total. The van der Waals surface area contributed by atoms with Crippen LogP contribution in [0.25, 0.3) is 16.5 Å². The number of aromatic nitrogens is 3. The van der Waals surface area contributed by atoms with Gasteiger partial charge in [0.1, 0.15) is 0 Å². The number of unbranched alkanes of at least 4 members (excludes halogenated alkanes) is 2. The molecule has 3 rings (SSSR count). The SMILES string of the molecule is CCCCCn1ccc2cc(-n3cc(C(F)(F)F)cn3)ccc2c1=O. The van der Waals surface area contributed by atoms with Crippen LogP contribution in [0.1, 0.15) is 31.7 Å². The Labute approximate surface area is 142 Å². The van der Waals surface area contributed by atoms with Gasteiger partial charge in [0.25, 0.3) is 5.56 Å². The number of aryl methyl sites for hydroxylation is 1. The van der Waals surface area contributed by atoms with E-state index in [1.165, 1.54) is 0 Å². The Morgan fingerprint density at radius 2 is 1.96 bits per heavy atom. The number of rotatable bonds is 5. The summed E-state index contributed by atoms with van der Waals surface area (Å²) in [5, 5.41) is 4.99. The first-order valence-electron chi connectivity index (χ1n) is 8.15. The van der Waals surface area contributed by atoms with Gasteiger partial charge in [-0.2, -0.15) is 18.3 Å². The van der Waals surface area contributed by atoms with Crippen LogP contribution in [0.15, 0.2) is 47.7 Å². The molecule has 7 heteroatoms. The number of hydrogen-bond acceptors (Lipinski definition) is 2. The largest absolute Gasteiger partial charge is 0.419 e. The van der Waals surface area contributed by atoms with Crippen molar-refractivity contribution in [3.05, 3.63) is 58.8 Å². The fraction of sp³-hybridized carbons (Fsp3) is 0.333. The molecule has 132 valence electrons. The molecular formula is C18H18F3N3O. The molecule has 0 aliphatic rings. The van der Waals surface area contributed by atoms with E-state index in [1.807, 2.05) is 0 Å². The summed E-state index contributed by atoms with van der Waals surface area (Å²) in [7, 11) is 0. The fourth-order valence-electron chi connectivity index (χ4n) is 2.74. The molecule has 4 nitrogen and oxygen atoms in total. The van der Waals surface area contributed by atoms with E-state index in [4.69, 9.17) is 0 Å². The molecule has 2 heterocycles. The highest BCUT2D eigenvalue weighted by molar-refractivity contribution is 5.83. The molecule has 0 bridgehead atoms. The van der Waals surface area contributed by atoms with Gasteiger partial charge in [-0.1, -0.05) is 19.8 Å². The van der Waals surface area contributed by atoms with Gasteiger partial charge >= 0.3 is 6.18 Å². The Bertz CT molecular complexity index is 941. The molecule has 0 fully saturated rings. The smallest absolute Gasteiger partial charge is 0.315 e. The number of halogens is 3. The second kappa shape index (κ2) is 6.74. The lowest BCUT2D eigenvalue weighted by molar-refractivity contribution is -0.137. The maximum absolute atomic E-state index is 12.7. The molecular weight excluding hydrogens is 331 g/mol. The van der Waals surface area contributed by atoms with Gasteiger partial charge in [0.05, 0.1) is 17.4 Å². The number of alkyl halides is 3. The number of nitrogens with zero attached hydrogens (tertiary/aromatic N) is 3. The van der Waals surface area contributed by atoms with E-state index >= 15 is 0 Å². The standard InChI is InChI=1S/C18H18F3N3O/c1-2-3-4-8-23-9-7-13-10-15(5-6-16(13)17(23)25)24-12-14(11-22-24)18(19,20)21/h5-7,9-12H,2-4,8H2,1H3. The van der Waals surface area contributed by atoms with Crippen molar-refractivity contribution >= 4 is 10.8 Å². The monoisotopic (exact) mass is 349 g/mol. The molecule has 0 radical (unpaired) electrons. The molecule has 0 aliphatic heterocycles. The Balaban J connectivity index is 1.94. The Kier molecular flexibility index (Phi) is 4.65. The van der Waals surface area contributed by atoms with Crippen molar-refractivity contribution in [1.29, 1.82) is 0 Å². The first-order chi connectivity index (χ1) is 11.9. The van der Waals surface area contributed by atoms with Gasteiger partial charge in [-0.25, -0.2) is 4.68 Å². The summed E-state index contributed by atoms with van der Waals surface area (Å²) in [6.45, 7) is 2.77. The van der Waals surface area contributed by atoms with Crippen LogP contribution in [0, 0.1) is 0 Å². The van der Waals surface area contributed by atoms with Crippen LogP contribution in [-0.4, -0.2) is 14.3 Å². The third-order valence-electron chi connectivity index (χ3n) is 4.14. The molecule has 0 amide bonds. The van der Waals surface area contributed by atoms with Crippen molar-refractivity contribution in [3.63, 3.8) is 0 Å². The number of hydrogen-bond donors (Lipinski definition) is 0. The molecule has 3 aromatic rings. The number of pyridine rings is 1. The van der Waals surface area contributed by atoms with E-state index < -0.39 is 11.7 Å². The van der Waals surface area contributed by atoms with Gasteiger partial charge in [0.15, 0.2) is 0 Å². The number of fused-ring (bicyclic) bond motifs is 1. The Morgan fingerprint density at radius 3 is 2.64 bits per heavy atom. The van der Waals surface area contributed by atoms with E-state index in [1.54, 1.807) is 35.0 Å². The summed E-state index contributed by atoms with van der Waals surface area (Å²) in [4.78, 5) is 12.5. The highest BCUT2D eigenvalue weighted by atomic mass is 19.4. The van der Waals surface area contributed by atoms with Gasteiger partial charge in [0.2, 0.25) is 0 Å². The van der Waals surface area contributed by atoms with Crippen LogP contribution >= 0.6 is 0 Å². The van der Waals surface area contributed by atoms with Crippen LogP contribution in [-0.2, 0) is 12.7 Å². The summed E-state index contributed by atoms with van der Waals surface area (Å²) in [6.07, 6.45) is 2.10. The molecule has 2 aromatic heterocycles. The fourth-order valence-corrected chi connectivity index (χ4v) is 2.74. The summed E-state index contributed by atoms with van der Waals surface area (Å²) in [5.41, 5.74) is -0.415. The summed E-state index contributed by atoms with van der Waals surface area (Å²) >= 11 is 0. The second-order valence-corrected chi connectivity index (χ2v) is 5.96. The normalized spacial score (nSPS) is 12.0. The molecule has 0 unspecified atom stereocenters. The van der Waals surface area contributed by atoms with Crippen LogP contribution in [0.5, 0.6) is 0 Å². The zero-order chi connectivity index (χ0) is 18.0. The highest BCUT2D eigenvalue weighted by Gasteiger charge is 2.32. The predicted octanol–water partition coefficient (Wildman–Crippen LogP) is 4.40. The first kappa shape index (κ1) is 17.3. The third-order valence-corrected chi connectivity index (χ3v) is 4.14. The summed E-state index contributed by atoms with van der Waals surface area (Å²) in [6, 6.07) is 6.71. The molecule has 0 spiro atoms. The second-order valence-electron chi connectivity index (χ2n) is 5.96. The van der Waals surface area contributed by atoms with E-state index in [0.717, 1.165) is 36.3 Å². The first-order valence-corrected chi connectivity index (χ1v) is 8.15. The molecule has 25 heavy (non-hydrogen) atoms. The van der Waals surface area contributed by atoms with E-state index in [-0.39, 0.29) is 5.56 Å². The topological polar surface area (TPSA) is 39.8 Å². The maximum atomic E-state index is 12.7. The Morgan fingerprint density at radius 1 is 1.16 bits per heavy atom. The zero-order valence-corrected chi connectivity index (χ0v) is 13.8. The quantitative estimate of drug-likeness (QED) is 0.641. The van der Waals surface area contributed by atoms with Crippen LogP contribution < -0.4 is 5.56 Å². The zero-order valence-electron chi connectivity index (χ0n) is 13.8. The molecule has 0 aliphatic carbocycles. The minimum absolute atomic E-state index is 0.0865. The van der Waals surface area contributed by atoms with Crippen LogP contribution in [0.4, 0.5) is 13.2 Å². The van der Waals surface area contributed by atoms with Gasteiger partial charge in [-0.15, -0.1) is 0 Å². The van der Waals surface area contributed by atoms with E-state index in [2.05, 4.69) is 12.0 Å². The third kappa shape index (κ3) is 3.60. The average molecular weight is 349 g/mol. The van der Waals surface area contributed by atoms with Crippen LogP contribution in [0.2, 0.25) is 0 Å². The molecule has 0 saturated heterocycles. The van der Waals surface area contributed by atoms with Crippen molar-refractivity contribution in [2.24, 2.45) is 0 Å². The van der Waals surface area contributed by atoms with Gasteiger partial charge in [-0.3, -0.25) is 4.79 Å². The van der Waals surface area contributed by atoms with Crippen molar-refractivity contribution in [2.45, 2.75) is 38.9 Å².